The molecule has 0 bridgehead atoms. The third kappa shape index (κ3) is 6.53. The van der Waals surface area contributed by atoms with E-state index in [2.05, 4.69) is 12.1 Å². The summed E-state index contributed by atoms with van der Waals surface area (Å²) in [5, 5.41) is 9.03. The van der Waals surface area contributed by atoms with Gasteiger partial charge < -0.3 is 19.3 Å². The first-order valence-corrected chi connectivity index (χ1v) is 9.26. The van der Waals surface area contributed by atoms with Gasteiger partial charge >= 0.3 is 5.97 Å². The molecule has 2 rings (SSSR count). The van der Waals surface area contributed by atoms with Crippen molar-refractivity contribution in [1.29, 1.82) is 0 Å². The summed E-state index contributed by atoms with van der Waals surface area (Å²) >= 11 is 0. The first kappa shape index (κ1) is 21.2. The van der Waals surface area contributed by atoms with E-state index in [4.69, 9.17) is 24.2 Å². The third-order valence-electron chi connectivity index (χ3n) is 4.40. The van der Waals surface area contributed by atoms with Crippen LogP contribution in [-0.2, 0) is 19.1 Å². The number of ether oxygens (including phenoxy) is 3. The summed E-state index contributed by atoms with van der Waals surface area (Å²) in [7, 11) is 0. The maximum Gasteiger partial charge on any atom is 0.364 e. The molecule has 0 unspecified atom stereocenters. The van der Waals surface area contributed by atoms with Crippen LogP contribution in [-0.4, -0.2) is 43.3 Å². The number of carboxylic acids is 1. The van der Waals surface area contributed by atoms with Gasteiger partial charge in [-0.1, -0.05) is 13.0 Å². The van der Waals surface area contributed by atoms with Gasteiger partial charge in [-0.15, -0.1) is 0 Å². The predicted octanol–water partition coefficient (Wildman–Crippen LogP) is 3.21. The van der Waals surface area contributed by atoms with Crippen LogP contribution in [0.1, 0.15) is 38.7 Å². The van der Waals surface area contributed by atoms with Gasteiger partial charge in [0.15, 0.2) is 0 Å². The van der Waals surface area contributed by atoms with Crippen molar-refractivity contribution in [2.75, 3.05) is 26.4 Å². The molecule has 0 aliphatic carbocycles. The Kier molecular flexibility index (Phi) is 8.09. The number of hydroxylamine groups is 1. The van der Waals surface area contributed by atoms with Gasteiger partial charge in [-0.2, -0.15) is 0 Å². The van der Waals surface area contributed by atoms with Gasteiger partial charge in [0.05, 0.1) is 32.1 Å². The summed E-state index contributed by atoms with van der Waals surface area (Å²) in [6, 6.07) is 7.65. The van der Waals surface area contributed by atoms with Crippen molar-refractivity contribution in [1.82, 2.24) is 5.48 Å². The SMILES string of the molecule is C=C(NOCCCCC1COC(C)(C(=O)O)OC1)c1ccc(OCC)cc1. The highest BCUT2D eigenvalue weighted by Crippen LogP contribution is 2.24. The molecule has 0 saturated carbocycles. The second-order valence-electron chi connectivity index (χ2n) is 6.62. The standard InChI is InChI=1S/C20H29NO6/c1-4-24-18-10-8-17(9-11-18)15(2)21-27-12-6-5-7-16-13-25-20(3,19(22)23)26-14-16/h8-11,16,21H,2,4-7,12-14H2,1,3H3,(H,22,23). The van der Waals surface area contributed by atoms with Gasteiger partial charge in [-0.05, 0) is 49.6 Å². The second kappa shape index (κ2) is 10.3. The minimum Gasteiger partial charge on any atom is -0.494 e. The zero-order valence-corrected chi connectivity index (χ0v) is 16.0. The number of hydrogen-bond acceptors (Lipinski definition) is 6. The van der Waals surface area contributed by atoms with Crippen molar-refractivity contribution in [2.45, 2.75) is 38.9 Å². The van der Waals surface area contributed by atoms with Crippen molar-refractivity contribution in [3.05, 3.63) is 36.4 Å². The summed E-state index contributed by atoms with van der Waals surface area (Å²) in [6.07, 6.45) is 2.72. The van der Waals surface area contributed by atoms with E-state index in [1.54, 1.807) is 0 Å². The zero-order valence-electron chi connectivity index (χ0n) is 16.0. The lowest BCUT2D eigenvalue weighted by atomic mass is 10.0. The molecule has 0 aromatic heterocycles. The molecule has 1 heterocycles. The van der Waals surface area contributed by atoms with Crippen LogP contribution in [0, 0.1) is 5.92 Å². The van der Waals surface area contributed by atoms with Crippen LogP contribution >= 0.6 is 0 Å². The normalized spacial score (nSPS) is 22.2. The molecule has 1 aliphatic rings. The molecule has 1 aromatic rings. The average Bonchev–Trinajstić information content (AvgIpc) is 2.66. The number of benzene rings is 1. The number of carboxylic acid groups (broad SMARTS) is 1. The van der Waals surface area contributed by atoms with Gasteiger partial charge in [0.1, 0.15) is 5.75 Å². The highest BCUT2D eigenvalue weighted by Gasteiger charge is 2.40. The van der Waals surface area contributed by atoms with Crippen molar-refractivity contribution in [3.63, 3.8) is 0 Å². The molecule has 1 aliphatic heterocycles. The number of aliphatic carboxylic acids is 1. The third-order valence-corrected chi connectivity index (χ3v) is 4.40. The maximum atomic E-state index is 11.0. The summed E-state index contributed by atoms with van der Waals surface area (Å²) in [4.78, 5) is 16.5. The van der Waals surface area contributed by atoms with Gasteiger partial charge in [0, 0.05) is 12.8 Å². The summed E-state index contributed by atoms with van der Waals surface area (Å²) in [5.74, 6) is -1.56. The molecule has 7 heteroatoms. The van der Waals surface area contributed by atoms with Crippen molar-refractivity contribution in [2.24, 2.45) is 5.92 Å². The Morgan fingerprint density at radius 1 is 1.30 bits per heavy atom. The largest absolute Gasteiger partial charge is 0.494 e. The average molecular weight is 379 g/mol. The van der Waals surface area contributed by atoms with E-state index in [1.165, 1.54) is 6.92 Å². The number of rotatable bonds is 11. The molecule has 7 nitrogen and oxygen atoms in total. The number of nitrogens with one attached hydrogen (secondary N) is 1. The Labute approximate surface area is 160 Å². The van der Waals surface area contributed by atoms with Crippen LogP contribution in [0.5, 0.6) is 5.75 Å². The first-order chi connectivity index (χ1) is 12.9. The monoisotopic (exact) mass is 379 g/mol. The fourth-order valence-electron chi connectivity index (χ4n) is 2.66. The van der Waals surface area contributed by atoms with E-state index in [0.717, 1.165) is 30.6 Å². The first-order valence-electron chi connectivity index (χ1n) is 9.26. The minimum atomic E-state index is -1.51. The van der Waals surface area contributed by atoms with Gasteiger partial charge in [0.25, 0.3) is 5.79 Å². The summed E-state index contributed by atoms with van der Waals surface area (Å²) < 4.78 is 16.1. The lowest BCUT2D eigenvalue weighted by molar-refractivity contribution is -0.271. The van der Waals surface area contributed by atoms with Crippen LogP contribution < -0.4 is 10.2 Å². The molecule has 0 atom stereocenters. The Hall–Kier alpha value is -2.09. The topological polar surface area (TPSA) is 86.3 Å². The smallest absolute Gasteiger partial charge is 0.364 e. The Morgan fingerprint density at radius 3 is 2.56 bits per heavy atom. The molecular formula is C20H29NO6. The highest BCUT2D eigenvalue weighted by molar-refractivity contribution is 5.75. The number of unbranched alkanes of at least 4 members (excludes halogenated alkanes) is 1. The maximum absolute atomic E-state index is 11.0. The zero-order chi connectivity index (χ0) is 19.7. The fourth-order valence-corrected chi connectivity index (χ4v) is 2.66. The predicted molar refractivity (Wildman–Crippen MR) is 101 cm³/mol. The van der Waals surface area contributed by atoms with E-state index < -0.39 is 11.8 Å². The highest BCUT2D eigenvalue weighted by atomic mass is 16.7. The Bertz CT molecular complexity index is 607. The Balaban J connectivity index is 1.56. The van der Waals surface area contributed by atoms with Crippen molar-refractivity contribution >= 4 is 11.7 Å². The van der Waals surface area contributed by atoms with Gasteiger partial charge in [-0.25, -0.2) is 4.79 Å². The van der Waals surface area contributed by atoms with Crippen LogP contribution in [0.15, 0.2) is 30.8 Å². The minimum absolute atomic E-state index is 0.212. The van der Waals surface area contributed by atoms with Gasteiger partial charge in [-0.3, -0.25) is 10.3 Å². The molecule has 27 heavy (non-hydrogen) atoms. The summed E-state index contributed by atoms with van der Waals surface area (Å²) in [5.41, 5.74) is 4.50. The Morgan fingerprint density at radius 2 is 1.96 bits per heavy atom. The second-order valence-corrected chi connectivity index (χ2v) is 6.62. The fraction of sp³-hybridized carbons (Fsp3) is 0.550. The quantitative estimate of drug-likeness (QED) is 0.451. The van der Waals surface area contributed by atoms with Crippen LogP contribution in [0.4, 0.5) is 0 Å². The van der Waals surface area contributed by atoms with Crippen LogP contribution in [0.2, 0.25) is 0 Å². The van der Waals surface area contributed by atoms with E-state index in [0.29, 0.717) is 32.1 Å². The van der Waals surface area contributed by atoms with Crippen LogP contribution in [0.3, 0.4) is 0 Å². The molecule has 1 aromatic carbocycles. The molecule has 0 radical (unpaired) electrons. The van der Waals surface area contributed by atoms with Crippen LogP contribution in [0.25, 0.3) is 5.70 Å². The molecule has 1 saturated heterocycles. The molecular weight excluding hydrogens is 350 g/mol. The van der Waals surface area contributed by atoms with E-state index in [9.17, 15) is 4.79 Å². The molecule has 150 valence electrons. The van der Waals surface area contributed by atoms with E-state index in [-0.39, 0.29) is 5.92 Å². The molecule has 0 amide bonds. The van der Waals surface area contributed by atoms with E-state index in [1.807, 2.05) is 31.2 Å². The van der Waals surface area contributed by atoms with Gasteiger partial charge in [0.2, 0.25) is 0 Å². The lowest BCUT2D eigenvalue weighted by Gasteiger charge is -2.34. The lowest BCUT2D eigenvalue weighted by Crippen LogP contribution is -2.47. The summed E-state index contributed by atoms with van der Waals surface area (Å²) in [6.45, 7) is 9.33. The molecule has 0 spiro atoms. The number of hydrogen-bond donors (Lipinski definition) is 2. The van der Waals surface area contributed by atoms with E-state index >= 15 is 0 Å². The molecule has 1 fully saturated rings. The number of carbonyl (C=O) groups is 1. The van der Waals surface area contributed by atoms with Crippen molar-refractivity contribution < 1.29 is 28.9 Å². The molecule has 2 N–H and O–H groups in total. The van der Waals surface area contributed by atoms with Crippen molar-refractivity contribution in [3.8, 4) is 5.75 Å².